The van der Waals surface area contributed by atoms with Crippen molar-refractivity contribution in [2.75, 3.05) is 11.5 Å². The van der Waals surface area contributed by atoms with E-state index in [-0.39, 0.29) is 22.8 Å². The number of rotatable bonds is 8. The lowest BCUT2D eigenvalue weighted by molar-refractivity contribution is -0.133. The molecule has 5 nitrogen and oxygen atoms in total. The number of aromatic nitrogens is 1. The lowest BCUT2D eigenvalue weighted by Crippen LogP contribution is -2.19. The first kappa shape index (κ1) is 15.5. The molecule has 0 saturated carbocycles. The summed E-state index contributed by atoms with van der Waals surface area (Å²) in [6, 6.07) is 3.27. The SMILES string of the molecule is Cc1ccc(=O)n(CCCC(=O)CSCC(=O)O)c1. The minimum absolute atomic E-state index is 0.0203. The summed E-state index contributed by atoms with van der Waals surface area (Å²) >= 11 is 1.10. The number of nitrogens with zero attached hydrogens (tertiary/aromatic N) is 1. The fraction of sp³-hybridized carbons (Fsp3) is 0.462. The number of aryl methyl sites for hydroxylation is 2. The predicted octanol–water partition coefficient (Wildman–Crippen LogP) is 1.32. The summed E-state index contributed by atoms with van der Waals surface area (Å²) in [5, 5.41) is 8.44. The second-order valence-corrected chi connectivity index (χ2v) is 5.25. The first-order chi connectivity index (χ1) is 8.99. The quantitative estimate of drug-likeness (QED) is 0.778. The van der Waals surface area contributed by atoms with Crippen LogP contribution in [0.25, 0.3) is 0 Å². The molecule has 1 aromatic heterocycles. The molecule has 0 radical (unpaired) electrons. The topological polar surface area (TPSA) is 76.4 Å². The molecular formula is C13H17NO4S. The predicted molar refractivity (Wildman–Crippen MR) is 74.6 cm³/mol. The lowest BCUT2D eigenvalue weighted by atomic mass is 10.2. The van der Waals surface area contributed by atoms with E-state index in [2.05, 4.69) is 0 Å². The highest BCUT2D eigenvalue weighted by atomic mass is 32.2. The van der Waals surface area contributed by atoms with Gasteiger partial charge in [-0.1, -0.05) is 6.07 Å². The van der Waals surface area contributed by atoms with Crippen molar-refractivity contribution < 1.29 is 14.7 Å². The van der Waals surface area contributed by atoms with E-state index in [1.54, 1.807) is 16.8 Å². The molecule has 0 fully saturated rings. The molecule has 0 aliphatic carbocycles. The van der Waals surface area contributed by atoms with Crippen LogP contribution in [-0.4, -0.2) is 32.9 Å². The van der Waals surface area contributed by atoms with Gasteiger partial charge in [0, 0.05) is 25.2 Å². The molecule has 1 N–H and O–H groups in total. The van der Waals surface area contributed by atoms with Crippen LogP contribution in [0, 0.1) is 6.92 Å². The van der Waals surface area contributed by atoms with Crippen LogP contribution in [0.15, 0.2) is 23.1 Å². The Balaban J connectivity index is 2.30. The van der Waals surface area contributed by atoms with E-state index in [1.165, 1.54) is 6.07 Å². The lowest BCUT2D eigenvalue weighted by Gasteiger charge is -2.05. The average molecular weight is 283 g/mol. The zero-order chi connectivity index (χ0) is 14.3. The van der Waals surface area contributed by atoms with Gasteiger partial charge in [-0.25, -0.2) is 0 Å². The number of Topliss-reactive ketones (excluding diaryl/α,β-unsaturated/α-hetero) is 1. The van der Waals surface area contributed by atoms with Crippen LogP contribution in [0.2, 0.25) is 0 Å². The van der Waals surface area contributed by atoms with Crippen molar-refractivity contribution in [3.63, 3.8) is 0 Å². The molecule has 0 spiro atoms. The maximum absolute atomic E-state index is 11.5. The second kappa shape index (κ2) is 7.78. The third-order valence-electron chi connectivity index (χ3n) is 2.47. The van der Waals surface area contributed by atoms with Crippen molar-refractivity contribution in [2.24, 2.45) is 0 Å². The highest BCUT2D eigenvalue weighted by Crippen LogP contribution is 2.04. The number of thioether (sulfide) groups is 1. The number of ketones is 1. The van der Waals surface area contributed by atoms with Gasteiger partial charge in [-0.15, -0.1) is 11.8 Å². The molecule has 0 saturated heterocycles. The summed E-state index contributed by atoms with van der Waals surface area (Å²) < 4.78 is 1.59. The molecule has 0 aliphatic rings. The number of carbonyl (C=O) groups is 2. The summed E-state index contributed by atoms with van der Waals surface area (Å²) in [5.74, 6) is -0.728. The number of carbonyl (C=O) groups excluding carboxylic acids is 1. The highest BCUT2D eigenvalue weighted by molar-refractivity contribution is 8.00. The summed E-state index contributed by atoms with van der Waals surface area (Å²) in [4.78, 5) is 33.2. The summed E-state index contributed by atoms with van der Waals surface area (Å²) in [6.07, 6.45) is 2.73. The van der Waals surface area contributed by atoms with E-state index < -0.39 is 5.97 Å². The van der Waals surface area contributed by atoms with E-state index >= 15 is 0 Å². The smallest absolute Gasteiger partial charge is 0.313 e. The van der Waals surface area contributed by atoms with E-state index in [0.29, 0.717) is 19.4 Å². The van der Waals surface area contributed by atoms with Crippen molar-refractivity contribution in [1.29, 1.82) is 0 Å². The fourth-order valence-corrected chi connectivity index (χ4v) is 2.25. The van der Waals surface area contributed by atoms with Crippen molar-refractivity contribution in [3.8, 4) is 0 Å². The number of carboxylic acids is 1. The van der Waals surface area contributed by atoms with Gasteiger partial charge in [-0.2, -0.15) is 0 Å². The first-order valence-electron chi connectivity index (χ1n) is 5.97. The Labute approximate surface area is 115 Å². The third-order valence-corrected chi connectivity index (χ3v) is 3.45. The molecule has 1 aromatic rings. The minimum Gasteiger partial charge on any atom is -0.481 e. The van der Waals surface area contributed by atoms with Crippen molar-refractivity contribution in [1.82, 2.24) is 4.57 Å². The summed E-state index contributed by atoms with van der Waals surface area (Å²) in [6.45, 7) is 2.42. The van der Waals surface area contributed by atoms with Gasteiger partial charge in [0.05, 0.1) is 11.5 Å². The Morgan fingerprint density at radius 3 is 2.74 bits per heavy atom. The van der Waals surface area contributed by atoms with Crippen LogP contribution in [0.4, 0.5) is 0 Å². The van der Waals surface area contributed by atoms with Gasteiger partial charge in [-0.05, 0) is 18.9 Å². The summed E-state index contributed by atoms with van der Waals surface area (Å²) in [7, 11) is 0. The fourth-order valence-electron chi connectivity index (χ4n) is 1.60. The third kappa shape index (κ3) is 6.24. The van der Waals surface area contributed by atoms with Crippen LogP contribution in [0.1, 0.15) is 18.4 Å². The van der Waals surface area contributed by atoms with Crippen LogP contribution >= 0.6 is 11.8 Å². The van der Waals surface area contributed by atoms with E-state index in [9.17, 15) is 14.4 Å². The maximum atomic E-state index is 11.5. The molecule has 0 bridgehead atoms. The van der Waals surface area contributed by atoms with Gasteiger partial charge in [0.25, 0.3) is 5.56 Å². The first-order valence-corrected chi connectivity index (χ1v) is 7.13. The maximum Gasteiger partial charge on any atom is 0.313 e. The van der Waals surface area contributed by atoms with Gasteiger partial charge in [0.15, 0.2) is 0 Å². The molecule has 0 atom stereocenters. The normalized spacial score (nSPS) is 10.4. The molecular weight excluding hydrogens is 266 g/mol. The minimum atomic E-state index is -0.913. The molecule has 6 heteroatoms. The molecule has 0 unspecified atom stereocenters. The standard InChI is InChI=1S/C13H17NO4S/c1-10-4-5-12(16)14(7-10)6-2-3-11(15)8-19-9-13(17)18/h4-5,7H,2-3,6,8-9H2,1H3,(H,17,18). The molecule has 0 amide bonds. The number of carboxylic acid groups (broad SMARTS) is 1. The van der Waals surface area contributed by atoms with Crippen molar-refractivity contribution >= 4 is 23.5 Å². The van der Waals surface area contributed by atoms with Gasteiger partial charge in [-0.3, -0.25) is 14.4 Å². The van der Waals surface area contributed by atoms with Crippen LogP contribution in [-0.2, 0) is 16.1 Å². The Kier molecular flexibility index (Phi) is 6.35. The largest absolute Gasteiger partial charge is 0.481 e. The molecule has 1 rings (SSSR count). The Bertz CT molecular complexity index is 510. The van der Waals surface area contributed by atoms with Gasteiger partial charge in [0.2, 0.25) is 0 Å². The van der Waals surface area contributed by atoms with E-state index in [4.69, 9.17) is 5.11 Å². The van der Waals surface area contributed by atoms with Gasteiger partial charge < -0.3 is 9.67 Å². The van der Waals surface area contributed by atoms with Gasteiger partial charge >= 0.3 is 5.97 Å². The Morgan fingerprint density at radius 2 is 2.05 bits per heavy atom. The summed E-state index contributed by atoms with van der Waals surface area (Å²) in [5.41, 5.74) is 0.932. The molecule has 0 aliphatic heterocycles. The highest BCUT2D eigenvalue weighted by Gasteiger charge is 2.05. The van der Waals surface area contributed by atoms with Crippen molar-refractivity contribution in [3.05, 3.63) is 34.2 Å². The van der Waals surface area contributed by atoms with Crippen LogP contribution in [0.3, 0.4) is 0 Å². The average Bonchev–Trinajstić information content (AvgIpc) is 2.33. The monoisotopic (exact) mass is 283 g/mol. The Hall–Kier alpha value is -1.56. The van der Waals surface area contributed by atoms with E-state index in [0.717, 1.165) is 17.3 Å². The van der Waals surface area contributed by atoms with Crippen LogP contribution in [0.5, 0.6) is 0 Å². The zero-order valence-electron chi connectivity index (χ0n) is 10.8. The second-order valence-electron chi connectivity index (χ2n) is 4.27. The molecule has 0 aromatic carbocycles. The van der Waals surface area contributed by atoms with Gasteiger partial charge in [0.1, 0.15) is 5.78 Å². The molecule has 1 heterocycles. The van der Waals surface area contributed by atoms with Crippen LogP contribution < -0.4 is 5.56 Å². The van der Waals surface area contributed by atoms with E-state index in [1.807, 2.05) is 6.92 Å². The molecule has 104 valence electrons. The number of pyridine rings is 1. The van der Waals surface area contributed by atoms with Crippen molar-refractivity contribution in [2.45, 2.75) is 26.3 Å². The molecule has 19 heavy (non-hydrogen) atoms. The number of hydrogen-bond donors (Lipinski definition) is 1. The Morgan fingerprint density at radius 1 is 1.32 bits per heavy atom. The number of hydrogen-bond acceptors (Lipinski definition) is 4. The number of aliphatic carboxylic acids is 1. The zero-order valence-corrected chi connectivity index (χ0v) is 11.6.